The van der Waals surface area contributed by atoms with E-state index in [9.17, 15) is 5.11 Å². The van der Waals surface area contributed by atoms with Crippen LogP contribution in [-0.4, -0.2) is 30.0 Å². The molecule has 0 fully saturated rings. The molecule has 3 nitrogen and oxygen atoms in total. The van der Waals surface area contributed by atoms with Gasteiger partial charge in [0.2, 0.25) is 0 Å². The summed E-state index contributed by atoms with van der Waals surface area (Å²) in [5.74, 6) is 0.306. The highest BCUT2D eigenvalue weighted by Crippen LogP contribution is 2.18. The van der Waals surface area contributed by atoms with Gasteiger partial charge in [-0.1, -0.05) is 18.2 Å². The highest BCUT2D eigenvalue weighted by Gasteiger charge is 2.07. The minimum absolute atomic E-state index is 0.0180. The number of aryl methyl sites for hydroxylation is 1. The summed E-state index contributed by atoms with van der Waals surface area (Å²) in [5.41, 5.74) is 0.892. The first-order valence-corrected chi connectivity index (χ1v) is 4.68. The minimum Gasteiger partial charge on any atom is -0.508 e. The molecule has 1 aromatic rings. The number of hydrogen-bond donors (Lipinski definition) is 2. The molecule has 0 heterocycles. The predicted molar refractivity (Wildman–Crippen MR) is 54.3 cm³/mol. The van der Waals surface area contributed by atoms with Crippen molar-refractivity contribution in [3.8, 4) is 5.75 Å². The fourth-order valence-corrected chi connectivity index (χ4v) is 1.32. The van der Waals surface area contributed by atoms with Crippen LogP contribution in [0, 0.1) is 0 Å². The van der Waals surface area contributed by atoms with E-state index in [1.54, 1.807) is 19.2 Å². The lowest BCUT2D eigenvalue weighted by Gasteiger charge is -2.12. The minimum atomic E-state index is -0.144. The molecule has 1 aromatic carbocycles. The Labute approximate surface area is 84.0 Å². The number of aromatic hydroxyl groups is 1. The Bertz CT molecular complexity index is 269. The molecule has 1 rings (SSSR count). The molecule has 0 aliphatic heterocycles. The van der Waals surface area contributed by atoms with Crippen molar-refractivity contribution >= 4 is 0 Å². The van der Waals surface area contributed by atoms with E-state index in [-0.39, 0.29) is 12.7 Å². The summed E-state index contributed by atoms with van der Waals surface area (Å²) in [6, 6.07) is 7.21. The first-order valence-electron chi connectivity index (χ1n) is 4.68. The highest BCUT2D eigenvalue weighted by atomic mass is 16.5. The zero-order chi connectivity index (χ0) is 10.4. The van der Waals surface area contributed by atoms with Gasteiger partial charge in [0, 0.05) is 7.11 Å². The van der Waals surface area contributed by atoms with Crippen molar-refractivity contribution in [1.29, 1.82) is 0 Å². The standard InChI is InChI=1S/C11H16O3/c1-14-10(8-12)7-6-9-4-2-3-5-11(9)13/h2-5,10,12-13H,6-8H2,1H3. The SMILES string of the molecule is COC(CO)CCc1ccccc1O. The Morgan fingerprint density at radius 1 is 1.36 bits per heavy atom. The van der Waals surface area contributed by atoms with Crippen molar-refractivity contribution in [2.45, 2.75) is 18.9 Å². The van der Waals surface area contributed by atoms with E-state index in [0.29, 0.717) is 18.6 Å². The van der Waals surface area contributed by atoms with Crippen LogP contribution in [0.4, 0.5) is 0 Å². The van der Waals surface area contributed by atoms with Crippen LogP contribution in [0.3, 0.4) is 0 Å². The van der Waals surface area contributed by atoms with Crippen LogP contribution in [0.5, 0.6) is 5.75 Å². The molecule has 1 atom stereocenters. The van der Waals surface area contributed by atoms with Crippen LogP contribution in [-0.2, 0) is 11.2 Å². The summed E-state index contributed by atoms with van der Waals surface area (Å²) < 4.78 is 5.03. The lowest BCUT2D eigenvalue weighted by Crippen LogP contribution is -2.16. The maximum Gasteiger partial charge on any atom is 0.118 e. The van der Waals surface area contributed by atoms with E-state index in [0.717, 1.165) is 5.56 Å². The van der Waals surface area contributed by atoms with Crippen molar-refractivity contribution in [3.63, 3.8) is 0 Å². The molecule has 1 unspecified atom stereocenters. The van der Waals surface area contributed by atoms with Crippen LogP contribution in [0.1, 0.15) is 12.0 Å². The second-order valence-electron chi connectivity index (χ2n) is 3.21. The Hall–Kier alpha value is -1.06. The largest absolute Gasteiger partial charge is 0.508 e. The fourth-order valence-electron chi connectivity index (χ4n) is 1.32. The molecule has 0 bridgehead atoms. The highest BCUT2D eigenvalue weighted by molar-refractivity contribution is 5.31. The summed E-state index contributed by atoms with van der Waals surface area (Å²) in [4.78, 5) is 0. The summed E-state index contributed by atoms with van der Waals surface area (Å²) in [6.07, 6.45) is 1.28. The predicted octanol–water partition coefficient (Wildman–Crippen LogP) is 1.33. The van der Waals surface area contributed by atoms with Crippen molar-refractivity contribution in [1.82, 2.24) is 0 Å². The Balaban J connectivity index is 2.49. The third kappa shape index (κ3) is 3.01. The van der Waals surface area contributed by atoms with Gasteiger partial charge in [0.05, 0.1) is 12.7 Å². The maximum absolute atomic E-state index is 9.47. The molecule has 3 heteroatoms. The van der Waals surface area contributed by atoms with Gasteiger partial charge in [0.25, 0.3) is 0 Å². The lowest BCUT2D eigenvalue weighted by molar-refractivity contribution is 0.0434. The van der Waals surface area contributed by atoms with E-state index in [1.807, 2.05) is 12.1 Å². The molecule has 0 saturated carbocycles. The molecule has 0 saturated heterocycles. The van der Waals surface area contributed by atoms with Gasteiger partial charge in [-0.2, -0.15) is 0 Å². The fraction of sp³-hybridized carbons (Fsp3) is 0.455. The Morgan fingerprint density at radius 3 is 2.64 bits per heavy atom. The summed E-state index contributed by atoms with van der Waals surface area (Å²) >= 11 is 0. The molecule has 0 spiro atoms. The summed E-state index contributed by atoms with van der Waals surface area (Å²) in [6.45, 7) is 0.0180. The number of para-hydroxylation sites is 1. The third-order valence-electron chi connectivity index (χ3n) is 2.26. The van der Waals surface area contributed by atoms with Gasteiger partial charge in [-0.3, -0.25) is 0 Å². The van der Waals surface area contributed by atoms with Crippen LogP contribution < -0.4 is 0 Å². The zero-order valence-electron chi connectivity index (χ0n) is 8.31. The molecule has 2 N–H and O–H groups in total. The number of methoxy groups -OCH3 is 1. The monoisotopic (exact) mass is 196 g/mol. The normalized spacial score (nSPS) is 12.7. The topological polar surface area (TPSA) is 49.7 Å². The molecule has 78 valence electrons. The zero-order valence-corrected chi connectivity index (χ0v) is 8.31. The lowest BCUT2D eigenvalue weighted by atomic mass is 10.1. The van der Waals surface area contributed by atoms with Gasteiger partial charge in [0.1, 0.15) is 5.75 Å². The average Bonchev–Trinajstić information content (AvgIpc) is 2.22. The molecule has 0 aliphatic rings. The van der Waals surface area contributed by atoms with Crippen LogP contribution in [0.25, 0.3) is 0 Å². The molecule has 14 heavy (non-hydrogen) atoms. The van der Waals surface area contributed by atoms with Crippen molar-refractivity contribution < 1.29 is 14.9 Å². The quantitative estimate of drug-likeness (QED) is 0.747. The van der Waals surface area contributed by atoms with Gasteiger partial charge in [-0.15, -0.1) is 0 Å². The second kappa shape index (κ2) is 5.62. The van der Waals surface area contributed by atoms with E-state index in [2.05, 4.69) is 0 Å². The van der Waals surface area contributed by atoms with Gasteiger partial charge < -0.3 is 14.9 Å². The maximum atomic E-state index is 9.47. The Kier molecular flexibility index (Phi) is 4.43. The molecular weight excluding hydrogens is 180 g/mol. The van der Waals surface area contributed by atoms with E-state index in [1.165, 1.54) is 0 Å². The van der Waals surface area contributed by atoms with Crippen molar-refractivity contribution in [2.75, 3.05) is 13.7 Å². The Morgan fingerprint density at radius 2 is 2.07 bits per heavy atom. The number of aliphatic hydroxyl groups excluding tert-OH is 1. The number of rotatable bonds is 5. The number of phenols is 1. The van der Waals surface area contributed by atoms with Gasteiger partial charge >= 0.3 is 0 Å². The molecule has 0 aromatic heterocycles. The van der Waals surface area contributed by atoms with Crippen molar-refractivity contribution in [3.05, 3.63) is 29.8 Å². The number of ether oxygens (including phenoxy) is 1. The van der Waals surface area contributed by atoms with E-state index >= 15 is 0 Å². The average molecular weight is 196 g/mol. The molecule has 0 aliphatic carbocycles. The van der Waals surface area contributed by atoms with Crippen molar-refractivity contribution in [2.24, 2.45) is 0 Å². The first kappa shape index (κ1) is 11.0. The number of phenolic OH excluding ortho intramolecular Hbond substituents is 1. The van der Waals surface area contributed by atoms with Crippen LogP contribution in [0.15, 0.2) is 24.3 Å². The van der Waals surface area contributed by atoms with E-state index < -0.39 is 0 Å². The van der Waals surface area contributed by atoms with Gasteiger partial charge in [-0.25, -0.2) is 0 Å². The van der Waals surface area contributed by atoms with Crippen LogP contribution in [0.2, 0.25) is 0 Å². The first-order chi connectivity index (χ1) is 6.77. The summed E-state index contributed by atoms with van der Waals surface area (Å²) in [5, 5.41) is 18.4. The van der Waals surface area contributed by atoms with Gasteiger partial charge in [0.15, 0.2) is 0 Å². The number of aliphatic hydroxyl groups is 1. The summed E-state index contributed by atoms with van der Waals surface area (Å²) in [7, 11) is 1.58. The second-order valence-corrected chi connectivity index (χ2v) is 3.21. The number of benzene rings is 1. The van der Waals surface area contributed by atoms with E-state index in [4.69, 9.17) is 9.84 Å². The third-order valence-corrected chi connectivity index (χ3v) is 2.26. The van der Waals surface area contributed by atoms with Crippen LogP contribution >= 0.6 is 0 Å². The molecule has 0 amide bonds. The molecule has 0 radical (unpaired) electrons. The smallest absolute Gasteiger partial charge is 0.118 e. The molecular formula is C11H16O3. The van der Waals surface area contributed by atoms with Gasteiger partial charge in [-0.05, 0) is 24.5 Å². The number of hydrogen-bond acceptors (Lipinski definition) is 3.